The van der Waals surface area contributed by atoms with Crippen LogP contribution in [0.1, 0.15) is 57.0 Å². The van der Waals surface area contributed by atoms with E-state index in [1.54, 1.807) is 35.6 Å². The van der Waals surface area contributed by atoms with Crippen molar-refractivity contribution in [2.45, 2.75) is 31.7 Å². The van der Waals surface area contributed by atoms with E-state index >= 15 is 0 Å². The standard InChI is InChI=1S/C33H37Cl2N3O3S/c34-27-7-6-24(31(35)16-27)17-37-19-26(30(20-37)25-10-15-42-22-25)18-36-12-8-23(9-13-36)21-41-14-3-11-38-32(39)28-4-1-2-5-29(28)33(38)40/h1-2,4-7,10,15-16,22-23,26,30H,3,8-9,11-14,17-21H2/t26?,30-/m1/s1. The largest absolute Gasteiger partial charge is 0.381 e. The van der Waals surface area contributed by atoms with E-state index in [1.165, 1.54) is 10.5 Å². The lowest BCUT2D eigenvalue weighted by Gasteiger charge is -2.34. The SMILES string of the molecule is O=C1c2ccccc2C(=O)N1CCCOCC1CCN(CC2CN(Cc3ccc(Cl)cc3Cl)C[C@@H]2c2ccsc2)CC1. The van der Waals surface area contributed by atoms with Gasteiger partial charge in [-0.2, -0.15) is 11.3 Å². The van der Waals surface area contributed by atoms with Crippen LogP contribution in [-0.4, -0.2) is 79.0 Å². The minimum atomic E-state index is -0.191. The van der Waals surface area contributed by atoms with Gasteiger partial charge >= 0.3 is 0 Å². The summed E-state index contributed by atoms with van der Waals surface area (Å²) in [6.07, 6.45) is 2.93. The first-order chi connectivity index (χ1) is 20.5. The zero-order chi connectivity index (χ0) is 29.1. The molecule has 2 amide bonds. The highest BCUT2D eigenvalue weighted by atomic mass is 35.5. The van der Waals surface area contributed by atoms with E-state index in [-0.39, 0.29) is 11.8 Å². The van der Waals surface area contributed by atoms with Crippen LogP contribution in [0.15, 0.2) is 59.3 Å². The number of piperidine rings is 1. The highest BCUT2D eigenvalue weighted by Crippen LogP contribution is 2.36. The summed E-state index contributed by atoms with van der Waals surface area (Å²) in [7, 11) is 0. The molecule has 6 nitrogen and oxygen atoms in total. The first kappa shape index (κ1) is 29.8. The molecule has 2 aromatic carbocycles. The first-order valence-corrected chi connectivity index (χ1v) is 16.6. The van der Waals surface area contributed by atoms with Gasteiger partial charge in [-0.1, -0.05) is 41.4 Å². The van der Waals surface area contributed by atoms with Gasteiger partial charge in [0.1, 0.15) is 0 Å². The van der Waals surface area contributed by atoms with Crippen LogP contribution in [0, 0.1) is 11.8 Å². The molecule has 1 unspecified atom stereocenters. The summed E-state index contributed by atoms with van der Waals surface area (Å²) in [4.78, 5) is 31.6. The second kappa shape index (κ2) is 13.6. The predicted molar refractivity (Wildman–Crippen MR) is 169 cm³/mol. The summed E-state index contributed by atoms with van der Waals surface area (Å²) < 4.78 is 6.01. The lowest BCUT2D eigenvalue weighted by atomic mass is 9.89. The summed E-state index contributed by atoms with van der Waals surface area (Å²) in [6.45, 7) is 7.97. The molecule has 0 N–H and O–H groups in total. The Morgan fingerprint density at radius 2 is 1.69 bits per heavy atom. The molecule has 2 fully saturated rings. The summed E-state index contributed by atoms with van der Waals surface area (Å²) in [5, 5.41) is 5.92. The van der Waals surface area contributed by atoms with Crippen molar-refractivity contribution in [3.63, 3.8) is 0 Å². The normalized spacial score (nSPS) is 21.9. The number of carbonyl (C=O) groups is 2. The van der Waals surface area contributed by atoms with Crippen LogP contribution in [0.2, 0.25) is 10.0 Å². The van der Waals surface area contributed by atoms with Gasteiger partial charge < -0.3 is 9.64 Å². The van der Waals surface area contributed by atoms with E-state index in [9.17, 15) is 9.59 Å². The molecular formula is C33H37Cl2N3O3S. The van der Waals surface area contributed by atoms with Gasteiger partial charge in [0.2, 0.25) is 0 Å². The van der Waals surface area contributed by atoms with Crippen molar-refractivity contribution in [2.24, 2.45) is 11.8 Å². The van der Waals surface area contributed by atoms with Crippen LogP contribution in [0.25, 0.3) is 0 Å². The quantitative estimate of drug-likeness (QED) is 0.176. The molecule has 9 heteroatoms. The fraction of sp³-hybridized carbons (Fsp3) is 0.455. The molecule has 0 bridgehead atoms. The molecule has 0 saturated carbocycles. The maximum absolute atomic E-state index is 12.5. The van der Waals surface area contributed by atoms with Crippen molar-refractivity contribution in [3.8, 4) is 0 Å². The smallest absolute Gasteiger partial charge is 0.261 e. The van der Waals surface area contributed by atoms with Crippen LogP contribution in [0.3, 0.4) is 0 Å². The number of carbonyl (C=O) groups excluding carboxylic acids is 2. The average Bonchev–Trinajstić information content (AvgIpc) is 3.71. The van der Waals surface area contributed by atoms with E-state index in [4.69, 9.17) is 27.9 Å². The van der Waals surface area contributed by atoms with E-state index in [0.29, 0.717) is 53.5 Å². The van der Waals surface area contributed by atoms with E-state index in [0.717, 1.165) is 69.3 Å². The van der Waals surface area contributed by atoms with Crippen LogP contribution < -0.4 is 0 Å². The lowest BCUT2D eigenvalue weighted by Crippen LogP contribution is -2.39. The molecule has 3 aliphatic heterocycles. The zero-order valence-electron chi connectivity index (χ0n) is 23.7. The van der Waals surface area contributed by atoms with Crippen LogP contribution in [0.4, 0.5) is 0 Å². The molecule has 1 aromatic heterocycles. The number of imide groups is 1. The number of hydrogen-bond acceptors (Lipinski definition) is 6. The Morgan fingerprint density at radius 1 is 0.929 bits per heavy atom. The second-order valence-electron chi connectivity index (χ2n) is 11.8. The third kappa shape index (κ3) is 6.77. The zero-order valence-corrected chi connectivity index (χ0v) is 26.0. The molecule has 2 saturated heterocycles. The Balaban J connectivity index is 0.933. The van der Waals surface area contributed by atoms with Crippen molar-refractivity contribution in [3.05, 3.63) is 91.6 Å². The highest BCUT2D eigenvalue weighted by Gasteiger charge is 2.36. The van der Waals surface area contributed by atoms with E-state index < -0.39 is 0 Å². The highest BCUT2D eigenvalue weighted by molar-refractivity contribution is 7.08. The number of hydrogen-bond donors (Lipinski definition) is 0. The molecule has 0 spiro atoms. The number of benzene rings is 2. The molecular weight excluding hydrogens is 589 g/mol. The third-order valence-electron chi connectivity index (χ3n) is 9.00. The van der Waals surface area contributed by atoms with Gasteiger partial charge in [0.05, 0.1) is 11.1 Å². The lowest BCUT2D eigenvalue weighted by molar-refractivity contribution is 0.0523. The predicted octanol–water partition coefficient (Wildman–Crippen LogP) is 6.69. The molecule has 3 aromatic rings. The summed E-state index contributed by atoms with van der Waals surface area (Å²) in [5.74, 6) is 1.29. The number of likely N-dealkylation sites (tertiary alicyclic amines) is 2. The first-order valence-electron chi connectivity index (χ1n) is 14.9. The molecule has 222 valence electrons. The summed E-state index contributed by atoms with van der Waals surface area (Å²) in [6, 6.07) is 15.1. The number of rotatable bonds is 11. The van der Waals surface area contributed by atoms with Gasteiger partial charge in [0.15, 0.2) is 0 Å². The van der Waals surface area contributed by atoms with Gasteiger partial charge in [0.25, 0.3) is 11.8 Å². The maximum atomic E-state index is 12.5. The third-order valence-corrected chi connectivity index (χ3v) is 10.3. The van der Waals surface area contributed by atoms with Crippen molar-refractivity contribution >= 4 is 46.4 Å². The van der Waals surface area contributed by atoms with Gasteiger partial charge in [-0.25, -0.2) is 0 Å². The van der Waals surface area contributed by atoms with Crippen LogP contribution in [-0.2, 0) is 11.3 Å². The van der Waals surface area contributed by atoms with E-state index in [1.807, 2.05) is 12.1 Å². The Labute approximate surface area is 262 Å². The Bertz CT molecular complexity index is 1360. The van der Waals surface area contributed by atoms with Gasteiger partial charge in [-0.05, 0) is 96.4 Å². The number of amides is 2. The minimum Gasteiger partial charge on any atom is -0.381 e. The summed E-state index contributed by atoms with van der Waals surface area (Å²) >= 11 is 14.4. The molecule has 2 atom stereocenters. The maximum Gasteiger partial charge on any atom is 0.261 e. The Morgan fingerprint density at radius 3 is 2.38 bits per heavy atom. The van der Waals surface area contributed by atoms with Crippen molar-refractivity contribution in [1.29, 1.82) is 0 Å². The van der Waals surface area contributed by atoms with Gasteiger partial charge in [-0.15, -0.1) is 0 Å². The van der Waals surface area contributed by atoms with Crippen LogP contribution >= 0.6 is 34.5 Å². The number of nitrogens with zero attached hydrogens (tertiary/aromatic N) is 3. The van der Waals surface area contributed by atoms with Gasteiger partial charge in [-0.3, -0.25) is 19.4 Å². The van der Waals surface area contributed by atoms with Crippen molar-refractivity contribution in [1.82, 2.24) is 14.7 Å². The Kier molecular flexibility index (Phi) is 9.63. The Hall–Kier alpha value is -2.26. The fourth-order valence-corrected chi connectivity index (χ4v) is 7.91. The molecule has 6 rings (SSSR count). The van der Waals surface area contributed by atoms with Crippen molar-refractivity contribution in [2.75, 3.05) is 52.5 Å². The average molecular weight is 627 g/mol. The van der Waals surface area contributed by atoms with Gasteiger partial charge in [0, 0.05) is 61.9 Å². The van der Waals surface area contributed by atoms with Crippen molar-refractivity contribution < 1.29 is 14.3 Å². The number of thiophene rings is 1. The van der Waals surface area contributed by atoms with Crippen LogP contribution in [0.5, 0.6) is 0 Å². The minimum absolute atomic E-state index is 0.191. The topological polar surface area (TPSA) is 53.1 Å². The summed E-state index contributed by atoms with van der Waals surface area (Å²) in [5.41, 5.74) is 3.61. The second-order valence-corrected chi connectivity index (χ2v) is 13.5. The molecule has 0 aliphatic carbocycles. The number of halogens is 2. The fourth-order valence-electron chi connectivity index (χ4n) is 6.71. The monoisotopic (exact) mass is 625 g/mol. The molecule has 42 heavy (non-hydrogen) atoms. The number of fused-ring (bicyclic) bond motifs is 1. The van der Waals surface area contributed by atoms with E-state index in [2.05, 4.69) is 32.7 Å². The number of ether oxygens (including phenoxy) is 1. The molecule has 3 aliphatic rings. The molecule has 0 radical (unpaired) electrons. The molecule has 4 heterocycles.